The van der Waals surface area contributed by atoms with Crippen molar-refractivity contribution in [2.75, 3.05) is 6.54 Å². The largest absolute Gasteiger partial charge is 0.384 e. The quantitative estimate of drug-likeness (QED) is 0.885. The highest BCUT2D eigenvalue weighted by atomic mass is 32.1. The number of rotatable bonds is 3. The second-order valence-corrected chi connectivity index (χ2v) is 8.07. The lowest BCUT2D eigenvalue weighted by atomic mass is 9.58. The van der Waals surface area contributed by atoms with Crippen LogP contribution >= 0.6 is 11.3 Å². The predicted molar refractivity (Wildman–Crippen MR) is 82.4 cm³/mol. The molecule has 1 aromatic heterocycles. The first kappa shape index (κ1) is 15.0. The Kier molecular flexibility index (Phi) is 3.85. The summed E-state index contributed by atoms with van der Waals surface area (Å²) in [6.45, 7) is 9.25. The zero-order valence-electron chi connectivity index (χ0n) is 12.6. The smallest absolute Gasteiger partial charge is 0.103 e. The maximum absolute atomic E-state index is 11.2. The molecular weight excluding hydrogens is 254 g/mol. The molecule has 1 heterocycles. The van der Waals surface area contributed by atoms with E-state index in [0.717, 1.165) is 30.6 Å². The first-order valence-corrected chi connectivity index (χ1v) is 8.09. The van der Waals surface area contributed by atoms with E-state index < -0.39 is 5.60 Å². The Morgan fingerprint density at radius 3 is 2.32 bits per heavy atom. The fourth-order valence-corrected chi connectivity index (χ4v) is 4.52. The van der Waals surface area contributed by atoms with E-state index in [2.05, 4.69) is 32.2 Å². The SMILES string of the molecule is Cc1ccsc1C(C)(O)C1(CN)CCC(C)(C)CC1. The summed E-state index contributed by atoms with van der Waals surface area (Å²) in [7, 11) is 0. The maximum Gasteiger partial charge on any atom is 0.103 e. The van der Waals surface area contributed by atoms with Crippen LogP contribution in [0.2, 0.25) is 0 Å². The summed E-state index contributed by atoms with van der Waals surface area (Å²) < 4.78 is 0. The van der Waals surface area contributed by atoms with Gasteiger partial charge in [-0.1, -0.05) is 13.8 Å². The van der Waals surface area contributed by atoms with E-state index in [-0.39, 0.29) is 5.41 Å². The molecule has 1 atom stereocenters. The fraction of sp³-hybridized carbons (Fsp3) is 0.750. The molecule has 2 nitrogen and oxygen atoms in total. The number of hydrogen-bond acceptors (Lipinski definition) is 3. The molecule has 3 N–H and O–H groups in total. The molecule has 19 heavy (non-hydrogen) atoms. The number of hydrogen-bond donors (Lipinski definition) is 2. The van der Waals surface area contributed by atoms with Gasteiger partial charge in [0.05, 0.1) is 0 Å². The summed E-state index contributed by atoms with van der Waals surface area (Å²) in [5.74, 6) is 0. The van der Waals surface area contributed by atoms with Gasteiger partial charge in [-0.05, 0) is 62.0 Å². The van der Waals surface area contributed by atoms with Gasteiger partial charge in [0.25, 0.3) is 0 Å². The maximum atomic E-state index is 11.2. The normalized spacial score (nSPS) is 24.9. The van der Waals surface area contributed by atoms with Crippen molar-refractivity contribution in [2.24, 2.45) is 16.6 Å². The molecule has 1 aromatic rings. The van der Waals surface area contributed by atoms with Crippen molar-refractivity contribution in [3.8, 4) is 0 Å². The van der Waals surface area contributed by atoms with Crippen LogP contribution in [-0.2, 0) is 5.60 Å². The van der Waals surface area contributed by atoms with Crippen molar-refractivity contribution in [1.29, 1.82) is 0 Å². The Balaban J connectivity index is 2.34. The van der Waals surface area contributed by atoms with Gasteiger partial charge >= 0.3 is 0 Å². The van der Waals surface area contributed by atoms with E-state index >= 15 is 0 Å². The topological polar surface area (TPSA) is 46.2 Å². The molecule has 1 aliphatic rings. The highest BCUT2D eigenvalue weighted by Gasteiger charge is 2.51. The van der Waals surface area contributed by atoms with Gasteiger partial charge in [-0.3, -0.25) is 0 Å². The molecule has 0 amide bonds. The third-order valence-electron chi connectivity index (χ3n) is 5.29. The average molecular weight is 281 g/mol. The third kappa shape index (κ3) is 2.48. The molecule has 2 rings (SSSR count). The Hall–Kier alpha value is -0.380. The first-order chi connectivity index (χ1) is 8.74. The highest BCUT2D eigenvalue weighted by molar-refractivity contribution is 7.10. The summed E-state index contributed by atoms with van der Waals surface area (Å²) >= 11 is 1.66. The van der Waals surface area contributed by atoms with Gasteiger partial charge in [0.1, 0.15) is 5.60 Å². The molecule has 0 aliphatic heterocycles. The Labute approximate surface area is 121 Å². The summed E-state index contributed by atoms with van der Waals surface area (Å²) in [6, 6.07) is 2.09. The predicted octanol–water partition coefficient (Wildman–Crippen LogP) is 3.81. The van der Waals surface area contributed by atoms with Gasteiger partial charge < -0.3 is 10.8 Å². The first-order valence-electron chi connectivity index (χ1n) is 7.21. The minimum absolute atomic E-state index is 0.169. The molecule has 1 aliphatic carbocycles. The van der Waals surface area contributed by atoms with Gasteiger partial charge in [-0.2, -0.15) is 0 Å². The summed E-state index contributed by atoms with van der Waals surface area (Å²) in [5, 5.41) is 13.3. The third-order valence-corrected chi connectivity index (χ3v) is 6.52. The minimum Gasteiger partial charge on any atom is -0.384 e. The van der Waals surface area contributed by atoms with Gasteiger partial charge in [0.15, 0.2) is 0 Å². The number of thiophene rings is 1. The molecular formula is C16H27NOS. The zero-order chi connectivity index (χ0) is 14.3. The van der Waals surface area contributed by atoms with Crippen LogP contribution < -0.4 is 5.73 Å². The van der Waals surface area contributed by atoms with Crippen LogP contribution in [0.4, 0.5) is 0 Å². The van der Waals surface area contributed by atoms with Crippen LogP contribution in [0.15, 0.2) is 11.4 Å². The summed E-state index contributed by atoms with van der Waals surface area (Å²) in [5.41, 5.74) is 6.71. The number of aryl methyl sites for hydroxylation is 1. The van der Waals surface area contributed by atoms with E-state index in [1.165, 1.54) is 5.56 Å². The molecule has 108 valence electrons. The molecule has 3 heteroatoms. The monoisotopic (exact) mass is 281 g/mol. The van der Waals surface area contributed by atoms with E-state index in [0.29, 0.717) is 12.0 Å². The average Bonchev–Trinajstić information content (AvgIpc) is 2.76. The highest BCUT2D eigenvalue weighted by Crippen LogP contribution is 2.54. The molecule has 0 saturated heterocycles. The minimum atomic E-state index is -0.809. The van der Waals surface area contributed by atoms with Crippen molar-refractivity contribution in [1.82, 2.24) is 0 Å². The molecule has 0 aromatic carbocycles. The van der Waals surface area contributed by atoms with Crippen molar-refractivity contribution in [3.63, 3.8) is 0 Å². The second-order valence-electron chi connectivity index (χ2n) is 7.15. The molecule has 0 spiro atoms. The van der Waals surface area contributed by atoms with Crippen LogP contribution in [0, 0.1) is 17.8 Å². The van der Waals surface area contributed by atoms with Crippen LogP contribution in [0.25, 0.3) is 0 Å². The second kappa shape index (κ2) is 4.87. The van der Waals surface area contributed by atoms with Crippen LogP contribution in [0.1, 0.15) is 56.9 Å². The van der Waals surface area contributed by atoms with Crippen molar-refractivity contribution >= 4 is 11.3 Å². The van der Waals surface area contributed by atoms with Crippen LogP contribution in [0.5, 0.6) is 0 Å². The van der Waals surface area contributed by atoms with Crippen LogP contribution in [-0.4, -0.2) is 11.7 Å². The van der Waals surface area contributed by atoms with E-state index in [4.69, 9.17) is 5.73 Å². The standard InChI is InChI=1S/C16H27NOS/c1-12-5-10-19-13(12)15(4,18)16(11-17)8-6-14(2,3)7-9-16/h5,10,18H,6-9,11,17H2,1-4H3. The van der Waals surface area contributed by atoms with Gasteiger partial charge in [-0.25, -0.2) is 0 Å². The van der Waals surface area contributed by atoms with E-state index in [9.17, 15) is 5.11 Å². The molecule has 0 radical (unpaired) electrons. The summed E-state index contributed by atoms with van der Waals surface area (Å²) in [4.78, 5) is 1.10. The number of nitrogens with two attached hydrogens (primary N) is 1. The van der Waals surface area contributed by atoms with E-state index in [1.807, 2.05) is 6.92 Å². The Bertz CT molecular complexity index is 437. The zero-order valence-corrected chi connectivity index (χ0v) is 13.4. The fourth-order valence-electron chi connectivity index (χ4n) is 3.41. The lowest BCUT2D eigenvalue weighted by Gasteiger charge is -2.50. The molecule has 1 unspecified atom stereocenters. The van der Waals surface area contributed by atoms with Gasteiger partial charge in [0.2, 0.25) is 0 Å². The van der Waals surface area contributed by atoms with Crippen molar-refractivity contribution in [2.45, 2.75) is 59.0 Å². The molecule has 0 bridgehead atoms. The van der Waals surface area contributed by atoms with Gasteiger partial charge in [0, 0.05) is 16.8 Å². The van der Waals surface area contributed by atoms with E-state index in [1.54, 1.807) is 11.3 Å². The van der Waals surface area contributed by atoms with Crippen molar-refractivity contribution < 1.29 is 5.11 Å². The van der Waals surface area contributed by atoms with Crippen LogP contribution in [0.3, 0.4) is 0 Å². The lowest BCUT2D eigenvalue weighted by Crippen LogP contribution is -2.51. The molecule has 1 fully saturated rings. The van der Waals surface area contributed by atoms with Crippen molar-refractivity contribution in [3.05, 3.63) is 21.9 Å². The Morgan fingerprint density at radius 1 is 1.32 bits per heavy atom. The molecule has 1 saturated carbocycles. The number of aliphatic hydroxyl groups is 1. The summed E-state index contributed by atoms with van der Waals surface area (Å²) in [6.07, 6.45) is 4.32. The Morgan fingerprint density at radius 2 is 1.89 bits per heavy atom. The van der Waals surface area contributed by atoms with Gasteiger partial charge in [-0.15, -0.1) is 11.3 Å². The lowest BCUT2D eigenvalue weighted by molar-refractivity contribution is -0.103.